The molecular formula is C17H27ClN2O. The van der Waals surface area contributed by atoms with Crippen LogP contribution in [-0.4, -0.2) is 44.3 Å². The fourth-order valence-corrected chi connectivity index (χ4v) is 3.22. The molecule has 0 saturated carbocycles. The van der Waals surface area contributed by atoms with E-state index in [4.69, 9.17) is 16.3 Å². The number of hydrogen-bond acceptors (Lipinski definition) is 3. The van der Waals surface area contributed by atoms with Gasteiger partial charge in [0.05, 0.1) is 6.10 Å². The van der Waals surface area contributed by atoms with Crippen molar-refractivity contribution in [2.24, 2.45) is 0 Å². The zero-order valence-corrected chi connectivity index (χ0v) is 13.9. The van der Waals surface area contributed by atoms with Crippen LogP contribution in [0.2, 0.25) is 5.02 Å². The third-order valence-electron chi connectivity index (χ3n) is 4.07. The van der Waals surface area contributed by atoms with E-state index in [1.54, 1.807) is 0 Å². The first-order chi connectivity index (χ1) is 10.2. The third kappa shape index (κ3) is 5.26. The molecule has 1 aromatic carbocycles. The molecule has 0 aromatic heterocycles. The van der Waals surface area contributed by atoms with Gasteiger partial charge in [-0.15, -0.1) is 0 Å². The molecule has 1 fully saturated rings. The Balaban J connectivity index is 1.86. The van der Waals surface area contributed by atoms with Crippen molar-refractivity contribution in [2.75, 3.05) is 33.3 Å². The molecule has 2 rings (SSSR count). The highest BCUT2D eigenvalue weighted by Gasteiger charge is 2.19. The Kier molecular flexibility index (Phi) is 6.97. The van der Waals surface area contributed by atoms with Gasteiger partial charge in [0.25, 0.3) is 0 Å². The summed E-state index contributed by atoms with van der Waals surface area (Å²) in [7, 11) is 2.18. The van der Waals surface area contributed by atoms with Gasteiger partial charge in [-0.25, -0.2) is 0 Å². The lowest BCUT2D eigenvalue weighted by atomic mass is 10.0. The van der Waals surface area contributed by atoms with Crippen molar-refractivity contribution in [3.05, 3.63) is 34.9 Å². The number of halogens is 1. The van der Waals surface area contributed by atoms with E-state index in [1.165, 1.54) is 18.4 Å². The van der Waals surface area contributed by atoms with Crippen LogP contribution in [0.1, 0.15) is 37.8 Å². The Labute approximate surface area is 133 Å². The van der Waals surface area contributed by atoms with Gasteiger partial charge in [-0.3, -0.25) is 0 Å². The lowest BCUT2D eigenvalue weighted by Crippen LogP contribution is -2.32. The van der Waals surface area contributed by atoms with Gasteiger partial charge in [0, 0.05) is 24.2 Å². The lowest BCUT2D eigenvalue weighted by molar-refractivity contribution is 0.0801. The summed E-state index contributed by atoms with van der Waals surface area (Å²) < 4.78 is 5.70. The number of rotatable bonds is 8. The average molecular weight is 311 g/mol. The van der Waals surface area contributed by atoms with E-state index in [-0.39, 0.29) is 0 Å². The highest BCUT2D eigenvalue weighted by atomic mass is 35.5. The monoisotopic (exact) mass is 310 g/mol. The van der Waals surface area contributed by atoms with E-state index in [2.05, 4.69) is 36.3 Å². The number of likely N-dealkylation sites (N-methyl/N-ethyl adjacent to an activating group) is 1. The van der Waals surface area contributed by atoms with Crippen LogP contribution < -0.4 is 5.32 Å². The molecule has 1 aromatic rings. The molecule has 1 heterocycles. The van der Waals surface area contributed by atoms with Crippen molar-refractivity contribution in [1.82, 2.24) is 10.2 Å². The van der Waals surface area contributed by atoms with Crippen LogP contribution in [0.5, 0.6) is 0 Å². The molecule has 2 unspecified atom stereocenters. The SMILES string of the molecule is CCNC(CCN(C)CC1CCCO1)c1ccccc1Cl. The first-order valence-electron chi connectivity index (χ1n) is 7.98. The first kappa shape index (κ1) is 16.8. The highest BCUT2D eigenvalue weighted by Crippen LogP contribution is 2.25. The van der Waals surface area contributed by atoms with Crippen molar-refractivity contribution in [3.63, 3.8) is 0 Å². The van der Waals surface area contributed by atoms with Crippen LogP contribution in [0.4, 0.5) is 0 Å². The van der Waals surface area contributed by atoms with Crippen molar-refractivity contribution in [3.8, 4) is 0 Å². The molecule has 0 bridgehead atoms. The molecule has 1 aliphatic rings. The molecule has 1 aliphatic heterocycles. The van der Waals surface area contributed by atoms with E-state index in [0.29, 0.717) is 12.1 Å². The molecule has 3 nitrogen and oxygen atoms in total. The molecule has 4 heteroatoms. The van der Waals surface area contributed by atoms with E-state index >= 15 is 0 Å². The number of nitrogens with one attached hydrogen (secondary N) is 1. The van der Waals surface area contributed by atoms with Gasteiger partial charge < -0.3 is 15.0 Å². The Morgan fingerprint density at radius 1 is 1.43 bits per heavy atom. The maximum Gasteiger partial charge on any atom is 0.0702 e. The van der Waals surface area contributed by atoms with E-state index in [1.807, 2.05) is 12.1 Å². The van der Waals surface area contributed by atoms with Gasteiger partial charge in [-0.1, -0.05) is 36.7 Å². The van der Waals surface area contributed by atoms with Gasteiger partial charge in [-0.2, -0.15) is 0 Å². The second-order valence-electron chi connectivity index (χ2n) is 5.82. The smallest absolute Gasteiger partial charge is 0.0702 e. The van der Waals surface area contributed by atoms with Crippen LogP contribution in [0.3, 0.4) is 0 Å². The van der Waals surface area contributed by atoms with Crippen molar-refractivity contribution in [2.45, 2.75) is 38.3 Å². The molecular weight excluding hydrogens is 284 g/mol. The zero-order chi connectivity index (χ0) is 15.1. The summed E-state index contributed by atoms with van der Waals surface area (Å²) in [6.07, 6.45) is 3.89. The van der Waals surface area contributed by atoms with Gasteiger partial charge in [-0.05, 0) is 51.0 Å². The molecule has 118 valence electrons. The number of hydrogen-bond donors (Lipinski definition) is 1. The highest BCUT2D eigenvalue weighted by molar-refractivity contribution is 6.31. The molecule has 21 heavy (non-hydrogen) atoms. The summed E-state index contributed by atoms with van der Waals surface area (Å²) in [4.78, 5) is 2.37. The average Bonchev–Trinajstić information content (AvgIpc) is 2.97. The predicted molar refractivity (Wildman–Crippen MR) is 89.0 cm³/mol. The maximum atomic E-state index is 6.33. The summed E-state index contributed by atoms with van der Waals surface area (Å²) in [6, 6.07) is 8.45. The summed E-state index contributed by atoms with van der Waals surface area (Å²) in [5.74, 6) is 0. The van der Waals surface area contributed by atoms with Crippen LogP contribution >= 0.6 is 11.6 Å². The molecule has 0 spiro atoms. The topological polar surface area (TPSA) is 24.5 Å². The predicted octanol–water partition coefficient (Wildman–Crippen LogP) is 3.49. The molecule has 1 N–H and O–H groups in total. The largest absolute Gasteiger partial charge is 0.377 e. The van der Waals surface area contributed by atoms with Crippen molar-refractivity contribution in [1.29, 1.82) is 0 Å². The Morgan fingerprint density at radius 3 is 2.90 bits per heavy atom. The van der Waals surface area contributed by atoms with Gasteiger partial charge in [0.15, 0.2) is 0 Å². The van der Waals surface area contributed by atoms with E-state index in [0.717, 1.165) is 37.7 Å². The normalized spacial score (nSPS) is 20.1. The molecule has 1 saturated heterocycles. The molecule has 0 amide bonds. The quantitative estimate of drug-likeness (QED) is 0.795. The standard InChI is InChI=1S/C17H27ClN2O/c1-3-19-17(15-8-4-5-9-16(15)18)10-11-20(2)13-14-7-6-12-21-14/h4-5,8-9,14,17,19H,3,6-7,10-13H2,1-2H3. The second kappa shape index (κ2) is 8.74. The van der Waals surface area contributed by atoms with Crippen LogP contribution in [0.25, 0.3) is 0 Å². The van der Waals surface area contributed by atoms with E-state index in [9.17, 15) is 0 Å². The number of ether oxygens (including phenoxy) is 1. The van der Waals surface area contributed by atoms with Crippen molar-refractivity contribution < 1.29 is 4.74 Å². The minimum atomic E-state index is 0.315. The minimum Gasteiger partial charge on any atom is -0.377 e. The lowest BCUT2D eigenvalue weighted by Gasteiger charge is -2.25. The Hall–Kier alpha value is -0.610. The summed E-state index contributed by atoms with van der Waals surface area (Å²) >= 11 is 6.33. The zero-order valence-electron chi connectivity index (χ0n) is 13.1. The second-order valence-corrected chi connectivity index (χ2v) is 6.22. The van der Waals surface area contributed by atoms with Crippen LogP contribution in [0.15, 0.2) is 24.3 Å². The molecule has 0 radical (unpaired) electrons. The third-order valence-corrected chi connectivity index (χ3v) is 4.41. The number of benzene rings is 1. The molecule has 2 atom stereocenters. The van der Waals surface area contributed by atoms with E-state index < -0.39 is 0 Å². The van der Waals surface area contributed by atoms with Gasteiger partial charge >= 0.3 is 0 Å². The summed E-state index contributed by atoms with van der Waals surface area (Å²) in [5.41, 5.74) is 1.20. The maximum absolute atomic E-state index is 6.33. The fraction of sp³-hybridized carbons (Fsp3) is 0.647. The summed E-state index contributed by atoms with van der Waals surface area (Å²) in [6.45, 7) is 6.09. The molecule has 0 aliphatic carbocycles. The van der Waals surface area contributed by atoms with Crippen LogP contribution in [-0.2, 0) is 4.74 Å². The fourth-order valence-electron chi connectivity index (χ4n) is 2.95. The van der Waals surface area contributed by atoms with Gasteiger partial charge in [0.1, 0.15) is 0 Å². The Bertz CT molecular complexity index is 421. The van der Waals surface area contributed by atoms with Crippen molar-refractivity contribution >= 4 is 11.6 Å². The summed E-state index contributed by atoms with van der Waals surface area (Å²) in [5, 5.41) is 4.40. The van der Waals surface area contributed by atoms with Crippen LogP contribution in [0, 0.1) is 0 Å². The minimum absolute atomic E-state index is 0.315. The Morgan fingerprint density at radius 2 is 2.24 bits per heavy atom. The number of nitrogens with zero attached hydrogens (tertiary/aromatic N) is 1. The van der Waals surface area contributed by atoms with Gasteiger partial charge in [0.2, 0.25) is 0 Å². The first-order valence-corrected chi connectivity index (χ1v) is 8.36.